The average molecular weight is 615 g/mol. The average Bonchev–Trinajstić information content (AvgIpc) is 3.55. The number of carbonyl (C=O) groups is 2. The number of ether oxygens (including phenoxy) is 4. The summed E-state index contributed by atoms with van der Waals surface area (Å²) in [6, 6.07) is 13.4. The lowest BCUT2D eigenvalue weighted by molar-refractivity contribution is -0.132. The van der Waals surface area contributed by atoms with Crippen molar-refractivity contribution in [2.24, 2.45) is 0 Å². The van der Waals surface area contributed by atoms with E-state index in [1.54, 1.807) is 36.4 Å². The highest BCUT2D eigenvalue weighted by Gasteiger charge is 2.48. The van der Waals surface area contributed by atoms with Crippen molar-refractivity contribution in [3.05, 3.63) is 76.4 Å². The summed E-state index contributed by atoms with van der Waals surface area (Å²) in [6.07, 6.45) is 1.87. The van der Waals surface area contributed by atoms with Gasteiger partial charge in [0.15, 0.2) is 28.1 Å². The van der Waals surface area contributed by atoms with Crippen molar-refractivity contribution in [2.45, 2.75) is 46.6 Å². The Labute approximate surface area is 259 Å². The van der Waals surface area contributed by atoms with Crippen molar-refractivity contribution >= 4 is 44.1 Å². The van der Waals surface area contributed by atoms with Gasteiger partial charge in [-0.3, -0.25) is 14.5 Å². The summed E-state index contributed by atoms with van der Waals surface area (Å²) in [4.78, 5) is 33.9. The minimum atomic E-state index is -0.978. The van der Waals surface area contributed by atoms with Gasteiger partial charge in [-0.2, -0.15) is 0 Å². The highest BCUT2D eigenvalue weighted by Crippen LogP contribution is 2.47. The first kappa shape index (κ1) is 29.5. The van der Waals surface area contributed by atoms with Crippen molar-refractivity contribution in [1.82, 2.24) is 4.98 Å². The maximum Gasteiger partial charge on any atom is 0.301 e. The second-order valence-corrected chi connectivity index (χ2v) is 11.8. The molecule has 3 heterocycles. The number of benzene rings is 3. The van der Waals surface area contributed by atoms with Crippen molar-refractivity contribution < 1.29 is 33.6 Å². The Hall–Kier alpha value is -4.57. The molecule has 1 atom stereocenters. The lowest BCUT2D eigenvalue weighted by Gasteiger charge is -2.24. The zero-order valence-electron chi connectivity index (χ0n) is 25.1. The fourth-order valence-corrected chi connectivity index (χ4v) is 6.73. The Balaban J connectivity index is 1.53. The summed E-state index contributed by atoms with van der Waals surface area (Å²) in [5, 5.41) is 12.1. The molecule has 10 heteroatoms. The number of amides is 1. The Morgan fingerprint density at radius 1 is 1.00 bits per heavy atom. The van der Waals surface area contributed by atoms with Crippen LogP contribution in [0.15, 0.2) is 54.1 Å². The number of ketones is 1. The lowest BCUT2D eigenvalue weighted by Crippen LogP contribution is -2.29. The quantitative estimate of drug-likeness (QED) is 0.0940. The highest BCUT2D eigenvalue weighted by atomic mass is 32.1. The maximum absolute atomic E-state index is 13.8. The molecule has 4 aromatic rings. The molecule has 6 rings (SSSR count). The van der Waals surface area contributed by atoms with Crippen LogP contribution in [0.25, 0.3) is 16.0 Å². The fraction of sp³-hybridized carbons (Fsp3) is 0.324. The van der Waals surface area contributed by atoms with Crippen LogP contribution in [0.4, 0.5) is 5.13 Å². The number of anilines is 1. The van der Waals surface area contributed by atoms with Gasteiger partial charge in [-0.15, -0.1) is 0 Å². The Morgan fingerprint density at radius 3 is 2.57 bits per heavy atom. The molecule has 3 aromatic carbocycles. The van der Waals surface area contributed by atoms with Gasteiger partial charge >= 0.3 is 5.91 Å². The molecule has 1 unspecified atom stereocenters. The van der Waals surface area contributed by atoms with Crippen LogP contribution in [-0.2, 0) is 9.59 Å². The standard InChI is InChI=1S/C34H34N2O7S/c1-5-7-12-41-23-10-8-21(17-25(23)40-6-2)30-28(31(37)22-9-11-24-26(18-22)43-14-13-42-24)32(38)33(39)36(30)34-35-29-20(4)15-19(3)16-27(29)44-34/h8-11,15-18,30,37H,5-7,12-14H2,1-4H3/b31-28-. The zero-order valence-corrected chi connectivity index (χ0v) is 26.0. The Kier molecular flexibility index (Phi) is 8.18. The number of aliphatic hydroxyl groups is 1. The second-order valence-electron chi connectivity index (χ2n) is 10.8. The molecule has 1 aromatic heterocycles. The first-order valence-corrected chi connectivity index (χ1v) is 15.6. The number of nitrogens with zero attached hydrogens (tertiary/aromatic N) is 2. The number of thiazole rings is 1. The monoisotopic (exact) mass is 614 g/mol. The third-order valence-corrected chi connectivity index (χ3v) is 8.63. The van der Waals surface area contributed by atoms with Crippen LogP contribution in [0.3, 0.4) is 0 Å². The number of hydrogen-bond donors (Lipinski definition) is 1. The summed E-state index contributed by atoms with van der Waals surface area (Å²) in [5.41, 5.74) is 3.65. The smallest absolute Gasteiger partial charge is 0.301 e. The molecule has 9 nitrogen and oxygen atoms in total. The van der Waals surface area contributed by atoms with Crippen LogP contribution in [0.2, 0.25) is 0 Å². The van der Waals surface area contributed by atoms with Gasteiger partial charge in [0.25, 0.3) is 5.78 Å². The predicted molar refractivity (Wildman–Crippen MR) is 169 cm³/mol. The van der Waals surface area contributed by atoms with Gasteiger partial charge in [0, 0.05) is 5.56 Å². The van der Waals surface area contributed by atoms with E-state index in [0.717, 1.165) is 34.2 Å². The van der Waals surface area contributed by atoms with E-state index in [-0.39, 0.29) is 11.3 Å². The molecule has 1 amide bonds. The first-order valence-electron chi connectivity index (χ1n) is 14.8. The number of unbranched alkanes of at least 4 members (excludes halogenated alkanes) is 1. The number of aryl methyl sites for hydroxylation is 2. The molecule has 1 saturated heterocycles. The van der Waals surface area contributed by atoms with E-state index < -0.39 is 17.7 Å². The fourth-order valence-electron chi connectivity index (χ4n) is 5.56. The summed E-state index contributed by atoms with van der Waals surface area (Å²) in [6.45, 7) is 9.65. The third-order valence-electron chi connectivity index (χ3n) is 7.62. The molecular formula is C34H34N2O7S. The minimum Gasteiger partial charge on any atom is -0.507 e. The van der Waals surface area contributed by atoms with Gasteiger partial charge < -0.3 is 24.1 Å². The van der Waals surface area contributed by atoms with Gasteiger partial charge in [0.2, 0.25) is 0 Å². The van der Waals surface area contributed by atoms with E-state index in [0.29, 0.717) is 65.7 Å². The number of carbonyl (C=O) groups excluding carboxylic acids is 2. The Bertz CT molecular complexity index is 1790. The summed E-state index contributed by atoms with van der Waals surface area (Å²) < 4.78 is 24.2. The number of fused-ring (bicyclic) bond motifs is 2. The van der Waals surface area contributed by atoms with Crippen LogP contribution in [-0.4, -0.2) is 48.2 Å². The normalized spacial score (nSPS) is 17.4. The van der Waals surface area contributed by atoms with Crippen LogP contribution < -0.4 is 23.8 Å². The molecule has 2 aliphatic rings. The van der Waals surface area contributed by atoms with E-state index in [1.807, 2.05) is 32.9 Å². The van der Waals surface area contributed by atoms with Gasteiger partial charge in [-0.05, 0) is 80.3 Å². The molecule has 0 radical (unpaired) electrons. The number of aliphatic hydroxyl groups excluding tert-OH is 1. The lowest BCUT2D eigenvalue weighted by atomic mass is 9.95. The van der Waals surface area contributed by atoms with Gasteiger partial charge in [-0.1, -0.05) is 36.8 Å². The molecule has 44 heavy (non-hydrogen) atoms. The van der Waals surface area contributed by atoms with E-state index in [9.17, 15) is 14.7 Å². The van der Waals surface area contributed by atoms with Gasteiger partial charge in [-0.25, -0.2) is 4.98 Å². The van der Waals surface area contributed by atoms with Crippen LogP contribution in [0, 0.1) is 13.8 Å². The molecular weight excluding hydrogens is 580 g/mol. The molecule has 0 saturated carbocycles. The van der Waals surface area contributed by atoms with Crippen molar-refractivity contribution in [2.75, 3.05) is 31.3 Å². The zero-order chi connectivity index (χ0) is 31.0. The summed E-state index contributed by atoms with van der Waals surface area (Å²) >= 11 is 1.33. The number of rotatable bonds is 9. The SMILES string of the molecule is CCCCOc1ccc(C2/C(=C(/O)c3ccc4c(c3)OCCO4)C(=O)C(=O)N2c2nc3c(C)cc(C)cc3s2)cc1OCC. The van der Waals surface area contributed by atoms with Gasteiger partial charge in [0.05, 0.1) is 35.0 Å². The number of hydrogen-bond acceptors (Lipinski definition) is 9. The van der Waals surface area contributed by atoms with E-state index >= 15 is 0 Å². The molecule has 0 bridgehead atoms. The maximum atomic E-state index is 13.8. The predicted octanol–water partition coefficient (Wildman–Crippen LogP) is 6.89. The van der Waals surface area contributed by atoms with E-state index in [4.69, 9.17) is 23.9 Å². The first-order chi connectivity index (χ1) is 21.3. The Morgan fingerprint density at radius 2 is 1.80 bits per heavy atom. The van der Waals surface area contributed by atoms with E-state index in [1.165, 1.54) is 16.2 Å². The second kappa shape index (κ2) is 12.2. The topological polar surface area (TPSA) is 107 Å². The molecule has 1 N–H and O–H groups in total. The van der Waals surface area contributed by atoms with Crippen molar-refractivity contribution in [3.8, 4) is 23.0 Å². The molecule has 1 fully saturated rings. The highest BCUT2D eigenvalue weighted by molar-refractivity contribution is 7.22. The number of Topliss-reactive ketones (excluding diaryl/α,β-unsaturated/α-hetero) is 1. The summed E-state index contributed by atoms with van der Waals surface area (Å²) in [7, 11) is 0. The third kappa shape index (κ3) is 5.34. The molecule has 0 spiro atoms. The summed E-state index contributed by atoms with van der Waals surface area (Å²) in [5.74, 6) is 0.155. The molecule has 228 valence electrons. The van der Waals surface area contributed by atoms with Gasteiger partial charge in [0.1, 0.15) is 19.0 Å². The van der Waals surface area contributed by atoms with Crippen LogP contribution in [0.5, 0.6) is 23.0 Å². The van der Waals surface area contributed by atoms with Crippen LogP contribution in [0.1, 0.15) is 55.0 Å². The van der Waals surface area contributed by atoms with Crippen molar-refractivity contribution in [1.29, 1.82) is 0 Å². The molecule has 0 aliphatic carbocycles. The van der Waals surface area contributed by atoms with Crippen LogP contribution >= 0.6 is 11.3 Å². The largest absolute Gasteiger partial charge is 0.507 e. The minimum absolute atomic E-state index is 0.0547. The number of aromatic nitrogens is 1. The van der Waals surface area contributed by atoms with E-state index in [2.05, 4.69) is 6.92 Å². The molecule has 2 aliphatic heterocycles. The van der Waals surface area contributed by atoms with Crippen molar-refractivity contribution in [3.63, 3.8) is 0 Å².